The van der Waals surface area contributed by atoms with E-state index in [0.29, 0.717) is 6.04 Å². The molecule has 2 heterocycles. The van der Waals surface area contributed by atoms with E-state index < -0.39 is 5.60 Å². The molecule has 2 aliphatic heterocycles. The smallest absolute Gasteiger partial charge is 0.0812 e. The lowest BCUT2D eigenvalue weighted by Gasteiger charge is -2.33. The quantitative estimate of drug-likeness (QED) is 0.763. The van der Waals surface area contributed by atoms with Crippen molar-refractivity contribution in [1.82, 2.24) is 10.2 Å². The van der Waals surface area contributed by atoms with E-state index in [-0.39, 0.29) is 0 Å². The molecule has 0 aromatic rings. The molecule has 2 fully saturated rings. The van der Waals surface area contributed by atoms with Crippen LogP contribution in [-0.2, 0) is 0 Å². The van der Waals surface area contributed by atoms with Gasteiger partial charge >= 0.3 is 0 Å². The standard InChI is InChI=1S/C13H26N2O/c1-2-9-15-10-4-6-13(16,7-11-15)12-5-3-8-14-12/h12,14,16H,2-11H2,1H3. The zero-order valence-corrected chi connectivity index (χ0v) is 10.5. The first kappa shape index (κ1) is 12.3. The summed E-state index contributed by atoms with van der Waals surface area (Å²) in [5.41, 5.74) is -0.432. The lowest BCUT2D eigenvalue weighted by atomic mass is 9.86. The molecule has 3 heteroatoms. The van der Waals surface area contributed by atoms with E-state index in [0.717, 1.165) is 38.8 Å². The van der Waals surface area contributed by atoms with Crippen molar-refractivity contribution in [1.29, 1.82) is 0 Å². The van der Waals surface area contributed by atoms with E-state index in [2.05, 4.69) is 17.1 Å². The summed E-state index contributed by atoms with van der Waals surface area (Å²) in [5.74, 6) is 0. The Kier molecular flexibility index (Phi) is 4.22. The van der Waals surface area contributed by atoms with E-state index in [4.69, 9.17) is 0 Å². The first-order chi connectivity index (χ1) is 7.74. The van der Waals surface area contributed by atoms with Gasteiger partial charge in [-0.2, -0.15) is 0 Å². The van der Waals surface area contributed by atoms with E-state index in [9.17, 15) is 5.11 Å². The fourth-order valence-electron chi connectivity index (χ4n) is 3.23. The van der Waals surface area contributed by atoms with Crippen LogP contribution in [0.25, 0.3) is 0 Å². The van der Waals surface area contributed by atoms with Gasteiger partial charge in [0, 0.05) is 12.6 Å². The highest BCUT2D eigenvalue weighted by atomic mass is 16.3. The SMILES string of the molecule is CCCN1CCCC(O)(C2CCCN2)CC1. The largest absolute Gasteiger partial charge is 0.388 e. The van der Waals surface area contributed by atoms with Crippen LogP contribution in [0, 0.1) is 0 Å². The first-order valence-electron chi connectivity index (χ1n) is 6.93. The van der Waals surface area contributed by atoms with Crippen molar-refractivity contribution in [3.05, 3.63) is 0 Å². The number of nitrogens with zero attached hydrogens (tertiary/aromatic N) is 1. The van der Waals surface area contributed by atoms with E-state index in [1.54, 1.807) is 0 Å². The molecule has 94 valence electrons. The Morgan fingerprint density at radius 2 is 2.19 bits per heavy atom. The predicted molar refractivity (Wildman–Crippen MR) is 66.6 cm³/mol. The molecule has 0 aromatic carbocycles. The summed E-state index contributed by atoms with van der Waals surface area (Å²) in [7, 11) is 0. The van der Waals surface area contributed by atoms with Gasteiger partial charge in [0.25, 0.3) is 0 Å². The molecule has 2 unspecified atom stereocenters. The summed E-state index contributed by atoms with van der Waals surface area (Å²) in [6.07, 6.45) is 6.68. The molecule has 0 saturated carbocycles. The molecule has 0 radical (unpaired) electrons. The second-order valence-corrected chi connectivity index (χ2v) is 5.45. The Morgan fingerprint density at radius 1 is 1.31 bits per heavy atom. The van der Waals surface area contributed by atoms with Gasteiger partial charge in [-0.15, -0.1) is 0 Å². The lowest BCUT2D eigenvalue weighted by molar-refractivity contribution is -0.00589. The maximum Gasteiger partial charge on any atom is 0.0812 e. The Hall–Kier alpha value is -0.120. The van der Waals surface area contributed by atoms with Gasteiger partial charge in [0.1, 0.15) is 0 Å². The second-order valence-electron chi connectivity index (χ2n) is 5.45. The molecule has 2 aliphatic rings. The topological polar surface area (TPSA) is 35.5 Å². The van der Waals surface area contributed by atoms with Gasteiger partial charge in [0.15, 0.2) is 0 Å². The molecule has 2 saturated heterocycles. The number of aliphatic hydroxyl groups is 1. The van der Waals surface area contributed by atoms with E-state index in [1.165, 1.54) is 25.9 Å². The Morgan fingerprint density at radius 3 is 2.88 bits per heavy atom. The normalized spacial score (nSPS) is 37.5. The summed E-state index contributed by atoms with van der Waals surface area (Å²) in [4.78, 5) is 2.51. The molecular formula is C13H26N2O. The minimum atomic E-state index is -0.432. The highest BCUT2D eigenvalue weighted by molar-refractivity contribution is 4.96. The van der Waals surface area contributed by atoms with Crippen LogP contribution in [-0.4, -0.2) is 47.8 Å². The summed E-state index contributed by atoms with van der Waals surface area (Å²) in [5, 5.41) is 14.2. The Balaban J connectivity index is 1.90. The van der Waals surface area contributed by atoms with Crippen LogP contribution in [0.5, 0.6) is 0 Å². The van der Waals surface area contributed by atoms with Gasteiger partial charge in [0.2, 0.25) is 0 Å². The molecule has 16 heavy (non-hydrogen) atoms. The number of nitrogens with one attached hydrogen (secondary N) is 1. The van der Waals surface area contributed by atoms with Gasteiger partial charge in [-0.25, -0.2) is 0 Å². The minimum absolute atomic E-state index is 0.356. The Labute approximate surface area is 99.2 Å². The number of rotatable bonds is 3. The predicted octanol–water partition coefficient (Wildman–Crippen LogP) is 1.37. The van der Waals surface area contributed by atoms with Crippen LogP contribution < -0.4 is 5.32 Å². The van der Waals surface area contributed by atoms with Crippen molar-refractivity contribution in [2.24, 2.45) is 0 Å². The monoisotopic (exact) mass is 226 g/mol. The average Bonchev–Trinajstić information content (AvgIpc) is 2.74. The van der Waals surface area contributed by atoms with Crippen LogP contribution in [0.15, 0.2) is 0 Å². The Bertz CT molecular complexity index is 216. The van der Waals surface area contributed by atoms with Crippen LogP contribution in [0.4, 0.5) is 0 Å². The number of likely N-dealkylation sites (tertiary alicyclic amines) is 1. The van der Waals surface area contributed by atoms with E-state index >= 15 is 0 Å². The van der Waals surface area contributed by atoms with E-state index in [1.807, 2.05) is 0 Å². The molecule has 0 spiro atoms. The van der Waals surface area contributed by atoms with Crippen LogP contribution in [0.3, 0.4) is 0 Å². The van der Waals surface area contributed by atoms with Crippen molar-refractivity contribution in [2.75, 3.05) is 26.2 Å². The zero-order valence-electron chi connectivity index (χ0n) is 10.5. The third-order valence-corrected chi connectivity index (χ3v) is 4.19. The molecule has 2 atom stereocenters. The molecule has 0 bridgehead atoms. The first-order valence-corrected chi connectivity index (χ1v) is 6.93. The summed E-state index contributed by atoms with van der Waals surface area (Å²) in [6, 6.07) is 0.356. The van der Waals surface area contributed by atoms with Crippen molar-refractivity contribution in [3.8, 4) is 0 Å². The van der Waals surface area contributed by atoms with Gasteiger partial charge < -0.3 is 15.3 Å². The maximum atomic E-state index is 10.7. The highest BCUT2D eigenvalue weighted by Crippen LogP contribution is 2.30. The van der Waals surface area contributed by atoms with Crippen LogP contribution in [0.2, 0.25) is 0 Å². The van der Waals surface area contributed by atoms with Crippen molar-refractivity contribution in [3.63, 3.8) is 0 Å². The third kappa shape index (κ3) is 2.76. The zero-order chi connectivity index (χ0) is 11.4. The van der Waals surface area contributed by atoms with Crippen LogP contribution >= 0.6 is 0 Å². The lowest BCUT2D eigenvalue weighted by Crippen LogP contribution is -2.48. The minimum Gasteiger partial charge on any atom is -0.388 e. The number of hydrogen-bond donors (Lipinski definition) is 2. The average molecular weight is 226 g/mol. The fraction of sp³-hybridized carbons (Fsp3) is 1.00. The molecule has 2 N–H and O–H groups in total. The summed E-state index contributed by atoms with van der Waals surface area (Å²) >= 11 is 0. The van der Waals surface area contributed by atoms with Crippen molar-refractivity contribution < 1.29 is 5.11 Å². The van der Waals surface area contributed by atoms with Crippen molar-refractivity contribution in [2.45, 2.75) is 57.1 Å². The van der Waals surface area contributed by atoms with Gasteiger partial charge in [0.05, 0.1) is 5.60 Å². The summed E-state index contributed by atoms with van der Waals surface area (Å²) in [6.45, 7) is 6.75. The second kappa shape index (κ2) is 5.48. The molecule has 2 rings (SSSR count). The molecular weight excluding hydrogens is 200 g/mol. The molecule has 0 aliphatic carbocycles. The molecule has 3 nitrogen and oxygen atoms in total. The molecule has 0 amide bonds. The van der Waals surface area contributed by atoms with Gasteiger partial charge in [-0.05, 0) is 58.2 Å². The highest BCUT2D eigenvalue weighted by Gasteiger charge is 2.39. The summed E-state index contributed by atoms with van der Waals surface area (Å²) < 4.78 is 0. The fourth-order valence-corrected chi connectivity index (χ4v) is 3.23. The van der Waals surface area contributed by atoms with Gasteiger partial charge in [-0.3, -0.25) is 0 Å². The number of hydrogen-bond acceptors (Lipinski definition) is 3. The third-order valence-electron chi connectivity index (χ3n) is 4.19. The van der Waals surface area contributed by atoms with Crippen molar-refractivity contribution >= 4 is 0 Å². The van der Waals surface area contributed by atoms with Gasteiger partial charge in [-0.1, -0.05) is 6.92 Å². The van der Waals surface area contributed by atoms with Crippen LogP contribution in [0.1, 0.15) is 45.4 Å². The molecule has 0 aromatic heterocycles. The maximum absolute atomic E-state index is 10.7.